The third-order valence-corrected chi connectivity index (χ3v) is 3.61. The van der Waals surface area contributed by atoms with Crippen LogP contribution in [0.25, 0.3) is 0 Å². The van der Waals surface area contributed by atoms with Crippen LogP contribution in [0.2, 0.25) is 0 Å². The lowest BCUT2D eigenvalue weighted by atomic mass is 9.85. The number of aromatic nitrogens is 1. The topological polar surface area (TPSA) is 65.2 Å². The van der Waals surface area contributed by atoms with Crippen molar-refractivity contribution in [2.75, 3.05) is 5.73 Å². The van der Waals surface area contributed by atoms with Crippen molar-refractivity contribution in [1.29, 1.82) is 0 Å². The quantitative estimate of drug-likeness (QED) is 0.835. The molecule has 1 saturated carbocycles. The van der Waals surface area contributed by atoms with Gasteiger partial charge in [0.25, 0.3) is 0 Å². The fourth-order valence-electron chi connectivity index (χ4n) is 2.46. The lowest BCUT2D eigenvalue weighted by molar-refractivity contribution is 0.0139. The Labute approximate surface area is 108 Å². The van der Waals surface area contributed by atoms with Gasteiger partial charge >= 0.3 is 5.97 Å². The Hall–Kier alpha value is -1.58. The first-order valence-corrected chi connectivity index (χ1v) is 6.61. The number of nitrogen functional groups attached to an aromatic ring is 1. The van der Waals surface area contributed by atoms with Gasteiger partial charge < -0.3 is 10.5 Å². The van der Waals surface area contributed by atoms with Crippen molar-refractivity contribution in [3.8, 4) is 0 Å². The zero-order chi connectivity index (χ0) is 13.0. The van der Waals surface area contributed by atoms with E-state index in [0.29, 0.717) is 17.3 Å². The highest BCUT2D eigenvalue weighted by atomic mass is 16.5. The zero-order valence-electron chi connectivity index (χ0n) is 10.8. The molecule has 0 saturated heterocycles. The minimum atomic E-state index is -0.288. The van der Waals surface area contributed by atoms with Crippen LogP contribution in [0.3, 0.4) is 0 Å². The van der Waals surface area contributed by atoms with Crippen molar-refractivity contribution < 1.29 is 9.53 Å². The van der Waals surface area contributed by atoms with E-state index in [1.165, 1.54) is 12.6 Å². The molecule has 0 aliphatic heterocycles. The van der Waals surface area contributed by atoms with Gasteiger partial charge in [0.2, 0.25) is 0 Å². The number of carbonyl (C=O) groups excluding carboxylic acids is 1. The van der Waals surface area contributed by atoms with E-state index in [4.69, 9.17) is 10.5 Å². The predicted molar refractivity (Wildman–Crippen MR) is 70.1 cm³/mol. The minimum absolute atomic E-state index is 0.0637. The van der Waals surface area contributed by atoms with E-state index in [1.54, 1.807) is 12.1 Å². The van der Waals surface area contributed by atoms with Gasteiger partial charge in [-0.3, -0.25) is 0 Å². The van der Waals surface area contributed by atoms with Crippen LogP contribution in [0.5, 0.6) is 0 Å². The fraction of sp³-hybridized carbons (Fsp3) is 0.571. The molecule has 1 aliphatic carbocycles. The van der Waals surface area contributed by atoms with Gasteiger partial charge in [0.15, 0.2) is 0 Å². The molecule has 2 atom stereocenters. The van der Waals surface area contributed by atoms with E-state index in [1.807, 2.05) is 0 Å². The number of ether oxygens (including phenoxy) is 1. The Morgan fingerprint density at radius 3 is 3.00 bits per heavy atom. The average Bonchev–Trinajstić information content (AvgIpc) is 2.39. The summed E-state index contributed by atoms with van der Waals surface area (Å²) in [4.78, 5) is 15.8. The molecule has 0 radical (unpaired) electrons. The Bertz CT molecular complexity index is 403. The van der Waals surface area contributed by atoms with E-state index in [-0.39, 0.29) is 12.1 Å². The van der Waals surface area contributed by atoms with E-state index in [2.05, 4.69) is 11.9 Å². The summed E-state index contributed by atoms with van der Waals surface area (Å²) in [6.45, 7) is 2.19. The molecule has 2 rings (SSSR count). The molecule has 4 nitrogen and oxygen atoms in total. The highest BCUT2D eigenvalue weighted by Gasteiger charge is 2.24. The molecule has 1 aliphatic rings. The van der Waals surface area contributed by atoms with Gasteiger partial charge in [-0.1, -0.05) is 19.8 Å². The Kier molecular flexibility index (Phi) is 4.18. The molecule has 98 valence electrons. The van der Waals surface area contributed by atoms with Crippen molar-refractivity contribution >= 4 is 11.8 Å². The van der Waals surface area contributed by atoms with Crippen LogP contribution in [-0.4, -0.2) is 17.1 Å². The molecule has 1 fully saturated rings. The van der Waals surface area contributed by atoms with Gasteiger partial charge in [0.05, 0.1) is 5.56 Å². The number of esters is 1. The smallest absolute Gasteiger partial charge is 0.339 e. The molecular formula is C14H20N2O2. The maximum Gasteiger partial charge on any atom is 0.339 e. The van der Waals surface area contributed by atoms with Crippen LogP contribution < -0.4 is 5.73 Å². The second-order valence-electron chi connectivity index (χ2n) is 4.94. The molecule has 0 bridgehead atoms. The molecule has 1 aromatic heterocycles. The van der Waals surface area contributed by atoms with Crippen molar-refractivity contribution in [2.45, 2.75) is 45.1 Å². The van der Waals surface area contributed by atoms with Crippen LogP contribution >= 0.6 is 0 Å². The molecule has 18 heavy (non-hydrogen) atoms. The van der Waals surface area contributed by atoms with Gasteiger partial charge in [-0.2, -0.15) is 0 Å². The van der Waals surface area contributed by atoms with Gasteiger partial charge in [0.1, 0.15) is 11.9 Å². The number of hydrogen-bond acceptors (Lipinski definition) is 4. The standard InChI is InChI=1S/C14H20N2O2/c1-2-10-4-3-5-12(8-10)18-14(17)11-6-7-13(15)16-9-11/h6-7,9-10,12H,2-5,8H2,1H3,(H2,15,16). The molecular weight excluding hydrogens is 228 g/mol. The van der Waals surface area contributed by atoms with Gasteiger partial charge in [0, 0.05) is 6.20 Å². The molecule has 0 spiro atoms. The van der Waals surface area contributed by atoms with Crippen LogP contribution in [0.4, 0.5) is 5.82 Å². The number of nitrogens with two attached hydrogens (primary N) is 1. The van der Waals surface area contributed by atoms with Crippen LogP contribution in [0.1, 0.15) is 49.4 Å². The van der Waals surface area contributed by atoms with Crippen LogP contribution in [0.15, 0.2) is 18.3 Å². The number of rotatable bonds is 3. The summed E-state index contributed by atoms with van der Waals surface area (Å²) in [6.07, 6.45) is 7.07. The normalized spacial score (nSPS) is 23.6. The first-order chi connectivity index (χ1) is 8.69. The first-order valence-electron chi connectivity index (χ1n) is 6.61. The number of anilines is 1. The molecule has 4 heteroatoms. The Morgan fingerprint density at radius 2 is 2.33 bits per heavy atom. The first kappa shape index (κ1) is 12.9. The van der Waals surface area contributed by atoms with Crippen LogP contribution in [0, 0.1) is 5.92 Å². The number of hydrogen-bond donors (Lipinski definition) is 1. The SMILES string of the molecule is CCC1CCCC(OC(=O)c2ccc(N)nc2)C1. The molecule has 1 aromatic rings. The largest absolute Gasteiger partial charge is 0.459 e. The second-order valence-corrected chi connectivity index (χ2v) is 4.94. The summed E-state index contributed by atoms with van der Waals surface area (Å²) in [5.74, 6) is 0.820. The molecule has 2 unspecified atom stereocenters. The Morgan fingerprint density at radius 1 is 1.50 bits per heavy atom. The summed E-state index contributed by atoms with van der Waals surface area (Å²) < 4.78 is 5.53. The average molecular weight is 248 g/mol. The molecule has 0 aromatic carbocycles. The molecule has 0 amide bonds. The number of pyridine rings is 1. The molecule has 2 N–H and O–H groups in total. The van der Waals surface area contributed by atoms with Gasteiger partial charge in [-0.25, -0.2) is 9.78 Å². The summed E-state index contributed by atoms with van der Waals surface area (Å²) in [5, 5.41) is 0. The van der Waals surface area contributed by atoms with E-state index >= 15 is 0 Å². The summed E-state index contributed by atoms with van der Waals surface area (Å²) in [7, 11) is 0. The minimum Gasteiger partial charge on any atom is -0.459 e. The lowest BCUT2D eigenvalue weighted by Gasteiger charge is -2.28. The summed E-state index contributed by atoms with van der Waals surface area (Å²) >= 11 is 0. The van der Waals surface area contributed by atoms with Gasteiger partial charge in [-0.05, 0) is 37.3 Å². The maximum absolute atomic E-state index is 11.9. The summed E-state index contributed by atoms with van der Waals surface area (Å²) in [6, 6.07) is 3.27. The monoisotopic (exact) mass is 248 g/mol. The Balaban J connectivity index is 1.92. The summed E-state index contributed by atoms with van der Waals surface area (Å²) in [5.41, 5.74) is 5.96. The number of nitrogens with zero attached hydrogens (tertiary/aromatic N) is 1. The molecule has 1 heterocycles. The predicted octanol–water partition coefficient (Wildman–Crippen LogP) is 2.79. The van der Waals surface area contributed by atoms with Crippen LogP contribution in [-0.2, 0) is 4.74 Å². The van der Waals surface area contributed by atoms with Crippen molar-refractivity contribution in [3.63, 3.8) is 0 Å². The van der Waals surface area contributed by atoms with Gasteiger partial charge in [-0.15, -0.1) is 0 Å². The second kappa shape index (κ2) is 5.85. The van der Waals surface area contributed by atoms with E-state index in [9.17, 15) is 4.79 Å². The maximum atomic E-state index is 11.9. The highest BCUT2D eigenvalue weighted by Crippen LogP contribution is 2.28. The lowest BCUT2D eigenvalue weighted by Crippen LogP contribution is -2.25. The van der Waals surface area contributed by atoms with Crippen molar-refractivity contribution in [1.82, 2.24) is 4.98 Å². The highest BCUT2D eigenvalue weighted by molar-refractivity contribution is 5.89. The van der Waals surface area contributed by atoms with E-state index < -0.39 is 0 Å². The van der Waals surface area contributed by atoms with E-state index in [0.717, 1.165) is 25.7 Å². The third kappa shape index (κ3) is 3.22. The third-order valence-electron chi connectivity index (χ3n) is 3.61. The fourth-order valence-corrected chi connectivity index (χ4v) is 2.46. The number of carbonyl (C=O) groups is 1. The van der Waals surface area contributed by atoms with Crippen molar-refractivity contribution in [2.24, 2.45) is 5.92 Å². The van der Waals surface area contributed by atoms with Crippen molar-refractivity contribution in [3.05, 3.63) is 23.9 Å². The zero-order valence-corrected chi connectivity index (χ0v) is 10.8.